The number of hydrogen-bond donors (Lipinski definition) is 2. The second kappa shape index (κ2) is 6.00. The molecule has 0 bridgehead atoms. The molecule has 0 radical (unpaired) electrons. The minimum absolute atomic E-state index is 0.178. The number of amides is 1. The highest BCUT2D eigenvalue weighted by molar-refractivity contribution is 7.12. The van der Waals surface area contributed by atoms with Gasteiger partial charge in [0.15, 0.2) is 5.76 Å². The van der Waals surface area contributed by atoms with Crippen molar-refractivity contribution < 1.29 is 9.32 Å². The number of nitrogens with two attached hydrogens (primary N) is 1. The van der Waals surface area contributed by atoms with Crippen LogP contribution in [-0.4, -0.2) is 17.6 Å². The molecule has 6 heteroatoms. The Labute approximate surface area is 108 Å². The molecule has 2 heterocycles. The quantitative estimate of drug-likeness (QED) is 0.807. The number of aromatic nitrogens is 1. The van der Waals surface area contributed by atoms with E-state index in [0.29, 0.717) is 22.7 Å². The van der Waals surface area contributed by atoms with E-state index in [0.717, 1.165) is 0 Å². The minimum atomic E-state index is -0.178. The van der Waals surface area contributed by atoms with Crippen molar-refractivity contribution in [3.63, 3.8) is 0 Å². The molecule has 2 aromatic rings. The van der Waals surface area contributed by atoms with Crippen LogP contribution in [0.1, 0.15) is 21.0 Å². The molecule has 0 saturated heterocycles. The first-order valence-electron chi connectivity index (χ1n) is 5.25. The lowest BCUT2D eigenvalue weighted by atomic mass is 10.2. The molecule has 0 unspecified atom stereocenters. The summed E-state index contributed by atoms with van der Waals surface area (Å²) in [4.78, 5) is 12.5. The van der Waals surface area contributed by atoms with E-state index in [4.69, 9.17) is 10.3 Å². The lowest BCUT2D eigenvalue weighted by Gasteiger charge is -2.00. The first kappa shape index (κ1) is 12.4. The van der Waals surface area contributed by atoms with Crippen molar-refractivity contribution >= 4 is 17.2 Å². The van der Waals surface area contributed by atoms with Gasteiger partial charge in [0.2, 0.25) is 0 Å². The van der Waals surface area contributed by atoms with Crippen molar-refractivity contribution in [1.29, 1.82) is 0 Å². The standard InChI is InChI=1S/C12H11N3O2S/c13-5-1-2-9-4-7-18-11(9)12(16)14-8-10-3-6-15-17-10/h3-4,6-7H,5,8,13H2,(H,14,16). The van der Waals surface area contributed by atoms with E-state index in [1.54, 1.807) is 12.1 Å². The predicted molar refractivity (Wildman–Crippen MR) is 67.9 cm³/mol. The lowest BCUT2D eigenvalue weighted by molar-refractivity contribution is 0.0951. The average Bonchev–Trinajstić information content (AvgIpc) is 3.04. The van der Waals surface area contributed by atoms with E-state index in [1.165, 1.54) is 17.5 Å². The van der Waals surface area contributed by atoms with Gasteiger partial charge in [-0.05, 0) is 11.4 Å². The van der Waals surface area contributed by atoms with Gasteiger partial charge in [0.25, 0.3) is 5.91 Å². The smallest absolute Gasteiger partial charge is 0.263 e. The first-order chi connectivity index (χ1) is 8.81. The Kier molecular flexibility index (Phi) is 4.12. The fourth-order valence-corrected chi connectivity index (χ4v) is 2.08. The molecule has 18 heavy (non-hydrogen) atoms. The van der Waals surface area contributed by atoms with Crippen LogP contribution < -0.4 is 11.1 Å². The fourth-order valence-electron chi connectivity index (χ4n) is 1.31. The highest BCUT2D eigenvalue weighted by atomic mass is 32.1. The van der Waals surface area contributed by atoms with Gasteiger partial charge >= 0.3 is 0 Å². The van der Waals surface area contributed by atoms with Gasteiger partial charge in [-0.2, -0.15) is 0 Å². The van der Waals surface area contributed by atoms with Crippen molar-refractivity contribution in [3.05, 3.63) is 39.9 Å². The van der Waals surface area contributed by atoms with Crippen LogP contribution in [0.2, 0.25) is 0 Å². The summed E-state index contributed by atoms with van der Waals surface area (Å²) in [7, 11) is 0. The molecule has 0 aromatic carbocycles. The van der Waals surface area contributed by atoms with Crippen LogP contribution in [0.15, 0.2) is 28.2 Å². The summed E-state index contributed by atoms with van der Waals surface area (Å²) < 4.78 is 4.89. The normalized spacial score (nSPS) is 9.61. The van der Waals surface area contributed by atoms with Crippen LogP contribution in [0.4, 0.5) is 0 Å². The third-order valence-corrected chi connectivity index (χ3v) is 3.02. The summed E-state index contributed by atoms with van der Waals surface area (Å²) in [6.45, 7) is 0.579. The van der Waals surface area contributed by atoms with Crippen LogP contribution in [0.25, 0.3) is 0 Å². The summed E-state index contributed by atoms with van der Waals surface area (Å²) in [5.74, 6) is 6.03. The summed E-state index contributed by atoms with van der Waals surface area (Å²) in [5.41, 5.74) is 6.00. The van der Waals surface area contributed by atoms with Gasteiger partial charge in [0, 0.05) is 11.6 Å². The van der Waals surface area contributed by atoms with Gasteiger partial charge in [-0.25, -0.2) is 0 Å². The Balaban J connectivity index is 2.02. The zero-order chi connectivity index (χ0) is 12.8. The van der Waals surface area contributed by atoms with Gasteiger partial charge in [-0.15, -0.1) is 11.3 Å². The molecule has 3 N–H and O–H groups in total. The number of thiophene rings is 1. The van der Waals surface area contributed by atoms with Crippen LogP contribution >= 0.6 is 11.3 Å². The molecule has 2 rings (SSSR count). The molecular weight excluding hydrogens is 250 g/mol. The Hall–Kier alpha value is -2.10. The summed E-state index contributed by atoms with van der Waals surface area (Å²) >= 11 is 1.34. The fraction of sp³-hybridized carbons (Fsp3) is 0.167. The van der Waals surface area contributed by atoms with Gasteiger partial charge in [-0.1, -0.05) is 17.0 Å². The Morgan fingerprint density at radius 2 is 2.44 bits per heavy atom. The Bertz CT molecular complexity index is 578. The minimum Gasteiger partial charge on any atom is -0.360 e. The first-order valence-corrected chi connectivity index (χ1v) is 6.13. The summed E-state index contributed by atoms with van der Waals surface area (Å²) in [5, 5.41) is 8.13. The van der Waals surface area contributed by atoms with Crippen LogP contribution in [0.5, 0.6) is 0 Å². The van der Waals surface area contributed by atoms with Gasteiger partial charge in [-0.3, -0.25) is 4.79 Å². The number of carbonyl (C=O) groups excluding carboxylic acids is 1. The third kappa shape index (κ3) is 2.97. The van der Waals surface area contributed by atoms with E-state index in [-0.39, 0.29) is 12.5 Å². The monoisotopic (exact) mass is 261 g/mol. The largest absolute Gasteiger partial charge is 0.360 e. The van der Waals surface area contributed by atoms with Crippen molar-refractivity contribution in [3.8, 4) is 11.8 Å². The van der Waals surface area contributed by atoms with Gasteiger partial charge in [0.1, 0.15) is 4.88 Å². The number of hydrogen-bond acceptors (Lipinski definition) is 5. The molecule has 0 spiro atoms. The number of rotatable bonds is 3. The van der Waals surface area contributed by atoms with Crippen molar-refractivity contribution in [2.45, 2.75) is 6.54 Å². The molecule has 0 atom stereocenters. The van der Waals surface area contributed by atoms with Crippen molar-refractivity contribution in [2.75, 3.05) is 6.54 Å². The number of carbonyl (C=O) groups is 1. The second-order valence-electron chi connectivity index (χ2n) is 3.33. The second-order valence-corrected chi connectivity index (χ2v) is 4.25. The number of nitrogens with one attached hydrogen (secondary N) is 1. The summed E-state index contributed by atoms with van der Waals surface area (Å²) in [6, 6.07) is 3.50. The predicted octanol–water partition coefficient (Wildman–Crippen LogP) is 0.976. The molecule has 0 aliphatic carbocycles. The summed E-state index contributed by atoms with van der Waals surface area (Å²) in [6.07, 6.45) is 1.53. The molecule has 5 nitrogen and oxygen atoms in total. The van der Waals surface area contributed by atoms with E-state index in [9.17, 15) is 4.79 Å². The molecule has 0 saturated carbocycles. The highest BCUT2D eigenvalue weighted by Gasteiger charge is 2.12. The van der Waals surface area contributed by atoms with Gasteiger partial charge in [0.05, 0.1) is 19.3 Å². The zero-order valence-corrected chi connectivity index (χ0v) is 10.3. The van der Waals surface area contributed by atoms with Crippen molar-refractivity contribution in [1.82, 2.24) is 10.5 Å². The Morgan fingerprint density at radius 1 is 1.56 bits per heavy atom. The molecule has 92 valence electrons. The lowest BCUT2D eigenvalue weighted by Crippen LogP contribution is -2.22. The van der Waals surface area contributed by atoms with Crippen LogP contribution in [0, 0.1) is 11.8 Å². The third-order valence-electron chi connectivity index (χ3n) is 2.11. The zero-order valence-electron chi connectivity index (χ0n) is 9.47. The Morgan fingerprint density at radius 3 is 3.17 bits per heavy atom. The van der Waals surface area contributed by atoms with E-state index >= 15 is 0 Å². The highest BCUT2D eigenvalue weighted by Crippen LogP contribution is 2.15. The van der Waals surface area contributed by atoms with Gasteiger partial charge < -0.3 is 15.6 Å². The molecule has 0 aliphatic rings. The average molecular weight is 261 g/mol. The topological polar surface area (TPSA) is 81.2 Å². The molecule has 2 aromatic heterocycles. The number of nitrogens with zero attached hydrogens (tertiary/aromatic N) is 1. The maximum atomic E-state index is 11.9. The maximum absolute atomic E-state index is 11.9. The van der Waals surface area contributed by atoms with E-state index in [2.05, 4.69) is 22.3 Å². The van der Waals surface area contributed by atoms with E-state index in [1.807, 2.05) is 5.38 Å². The molecule has 0 aliphatic heterocycles. The van der Waals surface area contributed by atoms with Crippen LogP contribution in [-0.2, 0) is 6.54 Å². The SMILES string of the molecule is NCC#Cc1ccsc1C(=O)NCc1ccno1. The van der Waals surface area contributed by atoms with Crippen molar-refractivity contribution in [2.24, 2.45) is 5.73 Å². The molecular formula is C12H11N3O2S. The molecule has 0 fully saturated rings. The van der Waals surface area contributed by atoms with Crippen LogP contribution in [0.3, 0.4) is 0 Å². The maximum Gasteiger partial charge on any atom is 0.263 e. The van der Waals surface area contributed by atoms with E-state index < -0.39 is 0 Å². The molecule has 1 amide bonds.